The minimum absolute atomic E-state index is 0.165. The lowest BCUT2D eigenvalue weighted by atomic mass is 9.71. The van der Waals surface area contributed by atoms with Crippen LogP contribution in [0.4, 0.5) is 0 Å². The Morgan fingerprint density at radius 1 is 1.22 bits per heavy atom. The molecule has 1 aromatic rings. The van der Waals surface area contributed by atoms with E-state index in [1.54, 1.807) is 0 Å². The number of hydrogen-bond acceptors (Lipinski definition) is 6. The van der Waals surface area contributed by atoms with Crippen molar-refractivity contribution in [2.45, 2.75) is 56.6 Å². The summed E-state index contributed by atoms with van der Waals surface area (Å²) in [5.74, 6) is -0.165. The molecule has 2 aliphatic rings. The molecule has 8 heteroatoms. The molecule has 2 fully saturated rings. The number of carbonyl (C=O) groups is 1. The molecule has 1 aromatic carbocycles. The van der Waals surface area contributed by atoms with E-state index in [4.69, 9.17) is 13.7 Å². The predicted molar refractivity (Wildman–Crippen MR) is 99.5 cm³/mol. The van der Waals surface area contributed by atoms with E-state index in [1.165, 1.54) is 19.6 Å². The van der Waals surface area contributed by atoms with Crippen molar-refractivity contribution in [2.75, 3.05) is 13.4 Å². The topological polar surface area (TPSA) is 90.9 Å². The zero-order valence-corrected chi connectivity index (χ0v) is 16.6. The highest BCUT2D eigenvalue weighted by atomic mass is 32.2. The van der Waals surface area contributed by atoms with Crippen molar-refractivity contribution in [1.29, 1.82) is 0 Å². The van der Waals surface area contributed by atoms with E-state index in [0.29, 0.717) is 5.92 Å². The first-order valence-electron chi connectivity index (χ1n) is 9.17. The van der Waals surface area contributed by atoms with Gasteiger partial charge in [-0.3, -0.25) is 8.98 Å². The first-order valence-corrected chi connectivity index (χ1v) is 11.0. The van der Waals surface area contributed by atoms with Gasteiger partial charge in [0.1, 0.15) is 12.1 Å². The van der Waals surface area contributed by atoms with Gasteiger partial charge in [0.05, 0.1) is 12.4 Å². The molecule has 1 aliphatic carbocycles. The van der Waals surface area contributed by atoms with Gasteiger partial charge in [-0.1, -0.05) is 30.3 Å². The normalized spacial score (nSPS) is 33.9. The molecule has 7 nitrogen and oxygen atoms in total. The summed E-state index contributed by atoms with van der Waals surface area (Å²) in [7, 11) is -2.24. The van der Waals surface area contributed by atoms with Crippen LogP contribution >= 0.6 is 0 Å². The van der Waals surface area contributed by atoms with E-state index in [2.05, 4.69) is 17.4 Å². The molecule has 1 heterocycles. The number of hydrogen-bond donors (Lipinski definition) is 1. The van der Waals surface area contributed by atoms with E-state index in [9.17, 15) is 13.2 Å². The van der Waals surface area contributed by atoms with Crippen LogP contribution < -0.4 is 5.32 Å². The van der Waals surface area contributed by atoms with Gasteiger partial charge in [0.2, 0.25) is 5.91 Å². The molecule has 1 N–H and O–H groups in total. The monoisotopic (exact) mass is 397 g/mol. The minimum Gasteiger partial charge on any atom is -0.354 e. The minimum atomic E-state index is -3.72. The second kappa shape index (κ2) is 8.26. The van der Waals surface area contributed by atoms with E-state index < -0.39 is 28.6 Å². The number of fused-ring (bicyclic) bond motifs is 1. The summed E-state index contributed by atoms with van der Waals surface area (Å²) >= 11 is 0. The van der Waals surface area contributed by atoms with Crippen LogP contribution in [-0.2, 0) is 28.6 Å². The van der Waals surface area contributed by atoms with Gasteiger partial charge in [0.15, 0.2) is 6.29 Å². The molecule has 150 valence electrons. The molecule has 0 bridgehead atoms. The lowest BCUT2D eigenvalue weighted by molar-refractivity contribution is -0.245. The molecular formula is C19H27NO6S. The van der Waals surface area contributed by atoms with Crippen LogP contribution in [0.25, 0.3) is 0 Å². The van der Waals surface area contributed by atoms with Crippen LogP contribution in [0.5, 0.6) is 0 Å². The quantitative estimate of drug-likeness (QED) is 0.762. The van der Waals surface area contributed by atoms with Gasteiger partial charge in [-0.15, -0.1) is 0 Å². The number of carbonyl (C=O) groups excluding carboxylic acids is 1. The number of methoxy groups -OCH3 is 1. The van der Waals surface area contributed by atoms with Crippen molar-refractivity contribution in [3.63, 3.8) is 0 Å². The van der Waals surface area contributed by atoms with Crippen molar-refractivity contribution >= 4 is 16.0 Å². The van der Waals surface area contributed by atoms with Crippen LogP contribution in [0.15, 0.2) is 30.3 Å². The summed E-state index contributed by atoms with van der Waals surface area (Å²) in [6, 6.07) is 9.46. The Bertz CT molecular complexity index is 753. The fourth-order valence-electron chi connectivity index (χ4n) is 4.32. The van der Waals surface area contributed by atoms with Crippen LogP contribution in [0.2, 0.25) is 0 Å². The number of amides is 1. The summed E-state index contributed by atoms with van der Waals surface area (Å²) in [5.41, 5.74) is 1.22. The first-order chi connectivity index (χ1) is 12.8. The third-order valence-electron chi connectivity index (χ3n) is 5.37. The fourth-order valence-corrected chi connectivity index (χ4v) is 4.98. The Morgan fingerprint density at radius 2 is 1.93 bits per heavy atom. The first kappa shape index (κ1) is 20.3. The highest BCUT2D eigenvalue weighted by Crippen LogP contribution is 2.44. The maximum Gasteiger partial charge on any atom is 0.264 e. The molecule has 6 atom stereocenters. The molecule has 1 saturated carbocycles. The summed E-state index contributed by atoms with van der Waals surface area (Å²) in [4.78, 5) is 11.7. The van der Waals surface area contributed by atoms with E-state index in [0.717, 1.165) is 25.5 Å². The van der Waals surface area contributed by atoms with Crippen molar-refractivity contribution in [2.24, 2.45) is 5.92 Å². The zero-order valence-electron chi connectivity index (χ0n) is 15.8. The average Bonchev–Trinajstić information content (AvgIpc) is 2.62. The van der Waals surface area contributed by atoms with Crippen LogP contribution in [-0.4, -0.2) is 52.2 Å². The van der Waals surface area contributed by atoms with Gasteiger partial charge in [0, 0.05) is 20.0 Å². The molecule has 0 spiro atoms. The Kier molecular flexibility index (Phi) is 6.20. The molecule has 1 saturated heterocycles. The van der Waals surface area contributed by atoms with Gasteiger partial charge in [0.25, 0.3) is 10.1 Å². The molecule has 0 unspecified atom stereocenters. The van der Waals surface area contributed by atoms with Crippen LogP contribution in [0, 0.1) is 5.92 Å². The number of benzene rings is 1. The highest BCUT2D eigenvalue weighted by molar-refractivity contribution is 7.86. The predicted octanol–water partition coefficient (Wildman–Crippen LogP) is 1.79. The Hall–Kier alpha value is -1.48. The molecule has 27 heavy (non-hydrogen) atoms. The number of nitrogens with one attached hydrogen (secondary N) is 1. The average molecular weight is 397 g/mol. The lowest BCUT2D eigenvalue weighted by Crippen LogP contribution is -2.63. The van der Waals surface area contributed by atoms with Gasteiger partial charge >= 0.3 is 0 Å². The second-order valence-electron chi connectivity index (χ2n) is 7.35. The summed E-state index contributed by atoms with van der Waals surface area (Å²) in [6.45, 7) is 1.38. The standard InChI is InChI=1S/C19H27NO6S/c1-12(21)20-17-18(26-27(3,22)23)15-11-14(13-7-5-4-6-8-13)9-10-16(15)25-19(17)24-2/h4-8,14-19H,9-11H2,1-3H3,(H,20,21)/t14-,15+,16+,17+,18-,19+/m0/s1. The summed E-state index contributed by atoms with van der Waals surface area (Å²) in [6.07, 6.45) is 1.81. The lowest BCUT2D eigenvalue weighted by Gasteiger charge is -2.49. The van der Waals surface area contributed by atoms with Gasteiger partial charge < -0.3 is 14.8 Å². The molecule has 1 amide bonds. The molecule has 0 radical (unpaired) electrons. The Balaban J connectivity index is 1.90. The SMILES string of the molecule is CO[C@@H]1O[C@@H]2CC[C@H](c3ccccc3)C[C@H]2[C@H](OS(C)(=O)=O)[C@H]1NC(C)=O. The zero-order chi connectivity index (χ0) is 19.6. The van der Waals surface area contributed by atoms with Crippen molar-refractivity contribution in [3.05, 3.63) is 35.9 Å². The van der Waals surface area contributed by atoms with E-state index >= 15 is 0 Å². The third-order valence-corrected chi connectivity index (χ3v) is 5.94. The summed E-state index contributed by atoms with van der Waals surface area (Å²) < 4.78 is 40.8. The van der Waals surface area contributed by atoms with Crippen molar-refractivity contribution in [3.8, 4) is 0 Å². The second-order valence-corrected chi connectivity index (χ2v) is 8.96. The Labute approximate surface area is 160 Å². The van der Waals surface area contributed by atoms with Gasteiger partial charge in [-0.2, -0.15) is 8.42 Å². The molecule has 1 aliphatic heterocycles. The Morgan fingerprint density at radius 3 is 2.52 bits per heavy atom. The fraction of sp³-hybridized carbons (Fsp3) is 0.632. The largest absolute Gasteiger partial charge is 0.354 e. The van der Waals surface area contributed by atoms with E-state index in [1.807, 2.05) is 18.2 Å². The molecule has 0 aromatic heterocycles. The van der Waals surface area contributed by atoms with Crippen LogP contribution in [0.3, 0.4) is 0 Å². The number of rotatable bonds is 5. The third kappa shape index (κ3) is 4.87. The smallest absolute Gasteiger partial charge is 0.264 e. The van der Waals surface area contributed by atoms with E-state index in [-0.39, 0.29) is 17.9 Å². The highest BCUT2D eigenvalue weighted by Gasteiger charge is 2.50. The van der Waals surface area contributed by atoms with Gasteiger partial charge in [-0.05, 0) is 30.7 Å². The molecular weight excluding hydrogens is 370 g/mol. The maximum absolute atomic E-state index is 11.9. The maximum atomic E-state index is 11.9. The number of ether oxygens (including phenoxy) is 2. The van der Waals surface area contributed by atoms with Crippen LogP contribution in [0.1, 0.15) is 37.7 Å². The van der Waals surface area contributed by atoms with Gasteiger partial charge in [-0.25, -0.2) is 0 Å². The van der Waals surface area contributed by atoms with Crippen molar-refractivity contribution < 1.29 is 26.9 Å². The summed E-state index contributed by atoms with van der Waals surface area (Å²) in [5, 5.41) is 2.76. The van der Waals surface area contributed by atoms with Crippen molar-refractivity contribution in [1.82, 2.24) is 5.32 Å². The molecule has 3 rings (SSSR count).